The molecule has 1 unspecified atom stereocenters. The number of carbonyl (C=O) groups excluding carboxylic acids is 1. The molecule has 1 amide bonds. The highest BCUT2D eigenvalue weighted by molar-refractivity contribution is 5.98. The van der Waals surface area contributed by atoms with Crippen molar-refractivity contribution in [2.75, 3.05) is 39.4 Å². The fraction of sp³-hybridized carbons (Fsp3) is 0.500. The van der Waals surface area contributed by atoms with E-state index in [-0.39, 0.29) is 11.9 Å². The van der Waals surface area contributed by atoms with Gasteiger partial charge in [-0.1, -0.05) is 24.3 Å². The molecule has 2 aromatic heterocycles. The molecular weight excluding hydrogens is 448 g/mol. The summed E-state index contributed by atoms with van der Waals surface area (Å²) in [5.74, 6) is 0.752. The summed E-state index contributed by atoms with van der Waals surface area (Å²) in [6.45, 7) is 7.39. The van der Waals surface area contributed by atoms with Crippen LogP contribution in [0.3, 0.4) is 0 Å². The Labute approximate surface area is 213 Å². The van der Waals surface area contributed by atoms with Crippen molar-refractivity contribution in [1.29, 1.82) is 0 Å². The first-order valence-corrected chi connectivity index (χ1v) is 13.7. The second-order valence-corrected chi connectivity index (χ2v) is 10.8. The van der Waals surface area contributed by atoms with Gasteiger partial charge in [-0.3, -0.25) is 4.79 Å². The van der Waals surface area contributed by atoms with Gasteiger partial charge >= 0.3 is 0 Å². The van der Waals surface area contributed by atoms with Crippen molar-refractivity contribution >= 4 is 29.0 Å². The quantitative estimate of drug-likeness (QED) is 0.579. The van der Waals surface area contributed by atoms with Gasteiger partial charge in [-0.15, -0.1) is 0 Å². The summed E-state index contributed by atoms with van der Waals surface area (Å²) >= 11 is 0. The standard InChI is InChI=1S/C30H38N4O2/c1-21-6-7-23-19-29(32-28(23)18-21)30(35)34-15-17-36-16-11-24(34)10-14-33-12-8-22(9-13-33)26-20-31-27-5-3-2-4-25(26)27/h4-7,18-20,22,24,31-32H,2-3,8-17H2,1H3. The van der Waals surface area contributed by atoms with Crippen molar-refractivity contribution in [1.82, 2.24) is 19.8 Å². The number of H-pyrrole nitrogens is 2. The smallest absolute Gasteiger partial charge is 0.270 e. The van der Waals surface area contributed by atoms with Crippen LogP contribution in [0.5, 0.6) is 0 Å². The van der Waals surface area contributed by atoms with Gasteiger partial charge in [0.15, 0.2) is 0 Å². The lowest BCUT2D eigenvalue weighted by Gasteiger charge is -2.35. The Morgan fingerprint density at radius 3 is 2.81 bits per heavy atom. The number of ether oxygens (including phenoxy) is 1. The van der Waals surface area contributed by atoms with E-state index in [2.05, 4.69) is 63.2 Å². The number of nitrogens with zero attached hydrogens (tertiary/aromatic N) is 2. The molecule has 0 bridgehead atoms. The van der Waals surface area contributed by atoms with Crippen molar-refractivity contribution in [2.45, 2.75) is 57.4 Å². The van der Waals surface area contributed by atoms with Crippen LogP contribution in [0, 0.1) is 6.92 Å². The minimum Gasteiger partial charge on any atom is -0.380 e. The number of fused-ring (bicyclic) bond motifs is 2. The third-order valence-electron chi connectivity index (χ3n) is 8.44. The van der Waals surface area contributed by atoms with Crippen molar-refractivity contribution in [3.8, 4) is 0 Å². The number of nitrogens with one attached hydrogen (secondary N) is 2. The second-order valence-electron chi connectivity index (χ2n) is 10.8. The van der Waals surface area contributed by atoms with Gasteiger partial charge in [0.1, 0.15) is 5.69 Å². The summed E-state index contributed by atoms with van der Waals surface area (Å²) in [5.41, 5.74) is 4.43. The molecule has 6 heteroatoms. The summed E-state index contributed by atoms with van der Waals surface area (Å²) < 4.78 is 5.78. The Kier molecular flexibility index (Phi) is 6.72. The van der Waals surface area contributed by atoms with Crippen LogP contribution in [0.15, 0.2) is 30.5 Å². The van der Waals surface area contributed by atoms with Gasteiger partial charge in [0.05, 0.1) is 6.61 Å². The van der Waals surface area contributed by atoms with Crippen LogP contribution in [-0.4, -0.2) is 71.1 Å². The molecule has 1 aliphatic carbocycles. The first kappa shape index (κ1) is 23.6. The Balaban J connectivity index is 1.09. The molecule has 4 heterocycles. The topological polar surface area (TPSA) is 64.4 Å². The van der Waals surface area contributed by atoms with E-state index in [1.165, 1.54) is 34.5 Å². The van der Waals surface area contributed by atoms with E-state index in [4.69, 9.17) is 4.74 Å². The number of hydrogen-bond donors (Lipinski definition) is 2. The average molecular weight is 487 g/mol. The number of aromatic nitrogens is 2. The zero-order valence-electron chi connectivity index (χ0n) is 21.4. The highest BCUT2D eigenvalue weighted by Gasteiger charge is 2.29. The van der Waals surface area contributed by atoms with Gasteiger partial charge in [0, 0.05) is 48.2 Å². The monoisotopic (exact) mass is 486 g/mol. The van der Waals surface area contributed by atoms with Crippen LogP contribution in [0.1, 0.15) is 66.1 Å². The molecule has 36 heavy (non-hydrogen) atoms. The molecular formula is C30H38N4O2. The van der Waals surface area contributed by atoms with E-state index in [0.29, 0.717) is 24.8 Å². The summed E-state index contributed by atoms with van der Waals surface area (Å²) in [6.07, 6.45) is 13.7. The number of carbonyl (C=O) groups is 1. The predicted octanol–water partition coefficient (Wildman–Crippen LogP) is 3.66. The lowest BCUT2D eigenvalue weighted by atomic mass is 9.89. The lowest BCUT2D eigenvalue weighted by molar-refractivity contribution is 0.0645. The summed E-state index contributed by atoms with van der Waals surface area (Å²) in [6, 6.07) is 8.51. The van der Waals surface area contributed by atoms with E-state index in [0.717, 1.165) is 62.8 Å². The molecule has 1 aromatic carbocycles. The van der Waals surface area contributed by atoms with Crippen LogP contribution < -0.4 is 10.6 Å². The molecule has 3 aromatic rings. The number of aromatic amines is 2. The number of piperidine rings is 1. The molecule has 6 rings (SSSR count). The highest BCUT2D eigenvalue weighted by Crippen LogP contribution is 2.27. The first-order chi connectivity index (χ1) is 17.7. The van der Waals surface area contributed by atoms with Crippen molar-refractivity contribution in [3.05, 3.63) is 57.9 Å². The van der Waals surface area contributed by atoms with Crippen LogP contribution >= 0.6 is 0 Å². The number of amides is 1. The number of rotatable bonds is 5. The third-order valence-corrected chi connectivity index (χ3v) is 8.44. The minimum absolute atomic E-state index is 0.100. The summed E-state index contributed by atoms with van der Waals surface area (Å²) in [4.78, 5) is 25.1. The van der Waals surface area contributed by atoms with Crippen molar-refractivity contribution in [3.63, 3.8) is 0 Å². The molecule has 2 N–H and O–H groups in total. The molecule has 6 nitrogen and oxygen atoms in total. The van der Waals surface area contributed by atoms with Crippen LogP contribution in [0.4, 0.5) is 0 Å². The first-order valence-electron chi connectivity index (χ1n) is 13.7. The van der Waals surface area contributed by atoms with Crippen LogP contribution in [0.25, 0.3) is 23.1 Å². The molecule has 2 aliphatic heterocycles. The van der Waals surface area contributed by atoms with Crippen LogP contribution in [-0.2, 0) is 4.74 Å². The Bertz CT molecular complexity index is 1340. The minimum atomic E-state index is 0.100. The zero-order valence-corrected chi connectivity index (χ0v) is 21.4. The van der Waals surface area contributed by atoms with Gasteiger partial charge in [-0.2, -0.15) is 0 Å². The van der Waals surface area contributed by atoms with E-state index >= 15 is 0 Å². The number of benzene rings is 1. The molecule has 1 atom stereocenters. The molecule has 3 aliphatic rings. The van der Waals surface area contributed by atoms with Gasteiger partial charge < -0.3 is 24.5 Å². The second kappa shape index (κ2) is 10.3. The third kappa shape index (κ3) is 4.76. The van der Waals surface area contributed by atoms with E-state index < -0.39 is 0 Å². The SMILES string of the molecule is Cc1ccc2cc(C(=O)N3CCOCCC3CCN3CCC(c4c[nH]c5c4=CCCC=5)CC3)[nH]c2c1. The van der Waals surface area contributed by atoms with Crippen molar-refractivity contribution in [2.24, 2.45) is 0 Å². The predicted molar refractivity (Wildman–Crippen MR) is 145 cm³/mol. The highest BCUT2D eigenvalue weighted by atomic mass is 16.5. The Morgan fingerprint density at radius 2 is 1.92 bits per heavy atom. The average Bonchev–Trinajstić information content (AvgIpc) is 3.45. The largest absolute Gasteiger partial charge is 0.380 e. The maximum absolute atomic E-state index is 13.6. The molecule has 2 saturated heterocycles. The number of likely N-dealkylation sites (tertiary alicyclic amines) is 1. The number of aryl methyl sites for hydroxylation is 1. The molecule has 0 spiro atoms. The molecule has 0 saturated carbocycles. The van der Waals surface area contributed by atoms with Gasteiger partial charge in [0.25, 0.3) is 5.91 Å². The van der Waals surface area contributed by atoms with E-state index in [9.17, 15) is 4.79 Å². The molecule has 0 radical (unpaired) electrons. The van der Waals surface area contributed by atoms with E-state index in [1.807, 2.05) is 6.07 Å². The lowest BCUT2D eigenvalue weighted by Crippen LogP contribution is -2.44. The number of hydrogen-bond acceptors (Lipinski definition) is 3. The summed E-state index contributed by atoms with van der Waals surface area (Å²) in [5, 5.41) is 3.87. The normalized spacial score (nSPS) is 21.6. The van der Waals surface area contributed by atoms with Gasteiger partial charge in [-0.25, -0.2) is 0 Å². The van der Waals surface area contributed by atoms with Gasteiger partial charge in [-0.05, 0) is 92.9 Å². The van der Waals surface area contributed by atoms with Crippen molar-refractivity contribution < 1.29 is 9.53 Å². The maximum atomic E-state index is 13.6. The Morgan fingerprint density at radius 1 is 1.06 bits per heavy atom. The fourth-order valence-electron chi connectivity index (χ4n) is 6.36. The summed E-state index contributed by atoms with van der Waals surface area (Å²) in [7, 11) is 0. The molecule has 190 valence electrons. The Hall–Kier alpha value is -2.83. The maximum Gasteiger partial charge on any atom is 0.270 e. The fourth-order valence-corrected chi connectivity index (χ4v) is 6.36. The zero-order chi connectivity index (χ0) is 24.5. The van der Waals surface area contributed by atoms with Crippen LogP contribution in [0.2, 0.25) is 0 Å². The van der Waals surface area contributed by atoms with Gasteiger partial charge in [0.2, 0.25) is 0 Å². The molecule has 2 fully saturated rings. The van der Waals surface area contributed by atoms with E-state index in [1.54, 1.807) is 0 Å².